The molecule has 1 heterocycles. The number of anilines is 1. The monoisotopic (exact) mass is 384 g/mol. The van der Waals surface area contributed by atoms with Gasteiger partial charge in [-0.2, -0.15) is 0 Å². The minimum atomic E-state index is -0.583. The van der Waals surface area contributed by atoms with Crippen molar-refractivity contribution in [3.8, 4) is 0 Å². The van der Waals surface area contributed by atoms with Gasteiger partial charge in [0.1, 0.15) is 0 Å². The van der Waals surface area contributed by atoms with Crippen molar-refractivity contribution in [2.45, 2.75) is 11.7 Å². The minimum absolute atomic E-state index is 0.156. The van der Waals surface area contributed by atoms with Crippen molar-refractivity contribution < 1.29 is 14.3 Å². The van der Waals surface area contributed by atoms with Crippen LogP contribution in [0.2, 0.25) is 0 Å². The Hall–Kier alpha value is -2.84. The Balaban J connectivity index is 1.73. The number of hydrogen-bond acceptors (Lipinski definition) is 5. The summed E-state index contributed by atoms with van der Waals surface area (Å²) in [5.74, 6) is -0.664. The zero-order valence-corrected chi connectivity index (χ0v) is 15.7. The average molecular weight is 384 g/mol. The molecule has 3 aromatic rings. The van der Waals surface area contributed by atoms with Crippen molar-refractivity contribution in [3.05, 3.63) is 54.1 Å². The van der Waals surface area contributed by atoms with Crippen LogP contribution in [0.4, 0.5) is 5.69 Å². The smallest absolute Gasteiger partial charge is 0.250 e. The van der Waals surface area contributed by atoms with Crippen LogP contribution in [0.25, 0.3) is 11.0 Å². The molecule has 0 bridgehead atoms. The first-order valence-electron chi connectivity index (χ1n) is 8.36. The maximum Gasteiger partial charge on any atom is 0.250 e. The van der Waals surface area contributed by atoms with Gasteiger partial charge in [0.25, 0.3) is 5.91 Å². The molecule has 0 unspecified atom stereocenters. The molecular formula is C19H20N4O3S. The van der Waals surface area contributed by atoms with E-state index in [1.54, 1.807) is 31.4 Å². The van der Waals surface area contributed by atoms with Crippen molar-refractivity contribution in [2.75, 3.05) is 24.8 Å². The number of hydrogen-bond donors (Lipinski definition) is 2. The number of primary amides is 1. The van der Waals surface area contributed by atoms with Crippen LogP contribution < -0.4 is 11.1 Å². The van der Waals surface area contributed by atoms with E-state index in [0.717, 1.165) is 16.2 Å². The molecule has 1 aromatic heterocycles. The number of methoxy groups -OCH3 is 1. The molecule has 0 saturated carbocycles. The Morgan fingerprint density at radius 3 is 2.70 bits per heavy atom. The predicted octanol–water partition coefficient (Wildman–Crippen LogP) is 2.51. The van der Waals surface area contributed by atoms with Gasteiger partial charge in [0, 0.05) is 13.7 Å². The largest absolute Gasteiger partial charge is 0.383 e. The molecule has 0 radical (unpaired) electrons. The summed E-state index contributed by atoms with van der Waals surface area (Å²) in [6.07, 6.45) is 0. The number of nitrogens with two attached hydrogens (primary N) is 1. The Morgan fingerprint density at radius 1 is 1.19 bits per heavy atom. The lowest BCUT2D eigenvalue weighted by Gasteiger charge is -2.10. The van der Waals surface area contributed by atoms with E-state index < -0.39 is 5.91 Å². The Kier molecular flexibility index (Phi) is 6.10. The average Bonchev–Trinajstić information content (AvgIpc) is 3.02. The summed E-state index contributed by atoms with van der Waals surface area (Å²) in [5, 5.41) is 3.48. The number of nitrogens with zero attached hydrogens (tertiary/aromatic N) is 2. The lowest BCUT2D eigenvalue weighted by molar-refractivity contribution is -0.113. The third-order valence-electron chi connectivity index (χ3n) is 3.94. The van der Waals surface area contributed by atoms with E-state index in [9.17, 15) is 9.59 Å². The highest BCUT2D eigenvalue weighted by Crippen LogP contribution is 2.24. The molecule has 8 heteroatoms. The first kappa shape index (κ1) is 18.9. The second kappa shape index (κ2) is 8.70. The fourth-order valence-corrected chi connectivity index (χ4v) is 3.53. The fourth-order valence-electron chi connectivity index (χ4n) is 2.69. The summed E-state index contributed by atoms with van der Waals surface area (Å²) < 4.78 is 7.21. The fraction of sp³-hybridized carbons (Fsp3) is 0.211. The second-order valence-corrected chi connectivity index (χ2v) is 6.72. The Labute approximate surface area is 160 Å². The van der Waals surface area contributed by atoms with E-state index in [4.69, 9.17) is 10.5 Å². The first-order chi connectivity index (χ1) is 13.1. The molecule has 0 atom stereocenters. The number of nitrogens with one attached hydrogen (secondary N) is 1. The summed E-state index contributed by atoms with van der Waals surface area (Å²) in [5.41, 5.74) is 7.90. The van der Waals surface area contributed by atoms with E-state index in [1.165, 1.54) is 11.8 Å². The van der Waals surface area contributed by atoms with Crippen molar-refractivity contribution >= 4 is 40.3 Å². The summed E-state index contributed by atoms with van der Waals surface area (Å²) in [7, 11) is 1.65. The first-order valence-corrected chi connectivity index (χ1v) is 9.34. The normalized spacial score (nSPS) is 10.9. The van der Waals surface area contributed by atoms with Gasteiger partial charge in [-0.25, -0.2) is 4.98 Å². The second-order valence-electron chi connectivity index (χ2n) is 5.77. The van der Waals surface area contributed by atoms with Gasteiger partial charge in [0.15, 0.2) is 5.16 Å². The maximum atomic E-state index is 12.4. The number of amides is 2. The minimum Gasteiger partial charge on any atom is -0.383 e. The van der Waals surface area contributed by atoms with Gasteiger partial charge in [0.2, 0.25) is 5.91 Å². The van der Waals surface area contributed by atoms with Crippen LogP contribution in [-0.2, 0) is 16.1 Å². The summed E-state index contributed by atoms with van der Waals surface area (Å²) in [4.78, 5) is 28.4. The SMILES string of the molecule is COCCn1c(SCC(=O)Nc2ccccc2C(N)=O)nc2ccccc21. The van der Waals surface area contributed by atoms with Crippen LogP contribution in [0.15, 0.2) is 53.7 Å². The third-order valence-corrected chi connectivity index (χ3v) is 4.91. The number of carbonyl (C=O) groups excluding carboxylic acids is 2. The highest BCUT2D eigenvalue weighted by molar-refractivity contribution is 7.99. The number of carbonyl (C=O) groups is 2. The van der Waals surface area contributed by atoms with E-state index in [-0.39, 0.29) is 17.2 Å². The van der Waals surface area contributed by atoms with Gasteiger partial charge in [-0.15, -0.1) is 0 Å². The van der Waals surface area contributed by atoms with E-state index in [0.29, 0.717) is 18.8 Å². The molecule has 7 nitrogen and oxygen atoms in total. The Morgan fingerprint density at radius 2 is 1.93 bits per heavy atom. The van der Waals surface area contributed by atoms with Gasteiger partial charge in [-0.1, -0.05) is 36.0 Å². The number of fused-ring (bicyclic) bond motifs is 1. The van der Waals surface area contributed by atoms with Crippen LogP contribution in [0, 0.1) is 0 Å². The molecule has 140 valence electrons. The molecule has 3 rings (SSSR count). The molecule has 2 amide bonds. The van der Waals surface area contributed by atoms with Crippen LogP contribution in [-0.4, -0.2) is 40.8 Å². The third kappa shape index (κ3) is 4.47. The molecular weight excluding hydrogens is 364 g/mol. The molecule has 0 aliphatic carbocycles. The molecule has 2 aromatic carbocycles. The molecule has 0 aliphatic rings. The van der Waals surface area contributed by atoms with Crippen LogP contribution in [0.1, 0.15) is 10.4 Å². The highest BCUT2D eigenvalue weighted by Gasteiger charge is 2.14. The number of benzene rings is 2. The number of aromatic nitrogens is 2. The molecule has 0 spiro atoms. The maximum absolute atomic E-state index is 12.4. The van der Waals surface area contributed by atoms with E-state index >= 15 is 0 Å². The van der Waals surface area contributed by atoms with Crippen LogP contribution in [0.3, 0.4) is 0 Å². The topological polar surface area (TPSA) is 99.2 Å². The number of ether oxygens (including phenoxy) is 1. The van der Waals surface area contributed by atoms with Crippen molar-refractivity contribution in [1.82, 2.24) is 9.55 Å². The van der Waals surface area contributed by atoms with Gasteiger partial charge in [-0.3, -0.25) is 9.59 Å². The summed E-state index contributed by atoms with van der Waals surface area (Å²) in [6, 6.07) is 14.5. The number of para-hydroxylation sites is 3. The molecule has 0 fully saturated rings. The number of thioether (sulfide) groups is 1. The standard InChI is InChI=1S/C19H20N4O3S/c1-26-11-10-23-16-9-5-4-8-15(16)22-19(23)27-12-17(24)21-14-7-3-2-6-13(14)18(20)25/h2-9H,10-12H2,1H3,(H2,20,25)(H,21,24). The molecule has 27 heavy (non-hydrogen) atoms. The predicted molar refractivity (Wildman–Crippen MR) is 106 cm³/mol. The van der Waals surface area contributed by atoms with Crippen LogP contribution >= 0.6 is 11.8 Å². The zero-order chi connectivity index (χ0) is 19.2. The summed E-state index contributed by atoms with van der Waals surface area (Å²) in [6.45, 7) is 1.19. The zero-order valence-electron chi connectivity index (χ0n) is 14.8. The Bertz CT molecular complexity index is 970. The van der Waals surface area contributed by atoms with Crippen molar-refractivity contribution in [3.63, 3.8) is 0 Å². The lowest BCUT2D eigenvalue weighted by atomic mass is 10.1. The van der Waals surface area contributed by atoms with E-state index in [1.807, 2.05) is 28.8 Å². The highest BCUT2D eigenvalue weighted by atomic mass is 32.2. The molecule has 0 aliphatic heterocycles. The number of rotatable bonds is 8. The van der Waals surface area contributed by atoms with Gasteiger partial charge in [-0.05, 0) is 24.3 Å². The molecule has 0 saturated heterocycles. The summed E-state index contributed by atoms with van der Waals surface area (Å²) >= 11 is 1.33. The van der Waals surface area contributed by atoms with Crippen molar-refractivity contribution in [2.24, 2.45) is 5.73 Å². The van der Waals surface area contributed by atoms with Gasteiger partial charge < -0.3 is 20.4 Å². The van der Waals surface area contributed by atoms with Gasteiger partial charge in [0.05, 0.1) is 34.6 Å². The van der Waals surface area contributed by atoms with Gasteiger partial charge >= 0.3 is 0 Å². The lowest BCUT2D eigenvalue weighted by Crippen LogP contribution is -2.19. The van der Waals surface area contributed by atoms with E-state index in [2.05, 4.69) is 10.3 Å². The van der Waals surface area contributed by atoms with Crippen LogP contribution in [0.5, 0.6) is 0 Å². The quantitative estimate of drug-likeness (QED) is 0.582. The number of imidazole rings is 1. The molecule has 3 N–H and O–H groups in total. The van der Waals surface area contributed by atoms with Crippen molar-refractivity contribution in [1.29, 1.82) is 0 Å².